The quantitative estimate of drug-likeness (QED) is 0.932. The third-order valence-corrected chi connectivity index (χ3v) is 3.01. The molecule has 1 heterocycles. The van der Waals surface area contributed by atoms with Gasteiger partial charge in [0.15, 0.2) is 0 Å². The van der Waals surface area contributed by atoms with E-state index in [0.717, 1.165) is 5.56 Å². The molecular weight excluding hydrogens is 269 g/mol. The largest absolute Gasteiger partial charge is 0.489 e. The molecule has 0 aliphatic carbocycles. The van der Waals surface area contributed by atoms with Gasteiger partial charge in [0.1, 0.15) is 18.2 Å². The zero-order valence-electron chi connectivity index (χ0n) is 10.3. The van der Waals surface area contributed by atoms with Crippen molar-refractivity contribution in [1.29, 1.82) is 0 Å². The Morgan fingerprint density at radius 1 is 1.42 bits per heavy atom. The molecule has 1 aromatic carbocycles. The zero-order valence-corrected chi connectivity index (χ0v) is 11.1. The van der Waals surface area contributed by atoms with Crippen LogP contribution in [0.2, 0.25) is 5.02 Å². The fourth-order valence-corrected chi connectivity index (χ4v) is 1.79. The van der Waals surface area contributed by atoms with E-state index in [1.54, 1.807) is 18.3 Å². The van der Waals surface area contributed by atoms with Crippen LogP contribution in [0.1, 0.15) is 24.2 Å². The molecule has 0 amide bonds. The molecule has 0 aliphatic rings. The number of pyridine rings is 1. The molecule has 0 saturated heterocycles. The van der Waals surface area contributed by atoms with E-state index in [-0.39, 0.29) is 12.2 Å². The van der Waals surface area contributed by atoms with Crippen LogP contribution in [-0.4, -0.2) is 10.1 Å². The molecule has 0 aliphatic heterocycles. The van der Waals surface area contributed by atoms with Crippen molar-refractivity contribution in [3.63, 3.8) is 0 Å². The first-order valence-electron chi connectivity index (χ1n) is 5.76. The molecule has 0 spiro atoms. The van der Waals surface area contributed by atoms with E-state index in [1.165, 1.54) is 25.3 Å². The number of aromatic nitrogens is 1. The van der Waals surface area contributed by atoms with Crippen LogP contribution >= 0.6 is 11.6 Å². The van der Waals surface area contributed by atoms with Crippen LogP contribution in [0.5, 0.6) is 5.75 Å². The Morgan fingerprint density at radius 3 is 2.84 bits per heavy atom. The van der Waals surface area contributed by atoms with E-state index < -0.39 is 11.9 Å². The van der Waals surface area contributed by atoms with E-state index in [1.807, 2.05) is 0 Å². The Morgan fingerprint density at radius 2 is 2.21 bits per heavy atom. The summed E-state index contributed by atoms with van der Waals surface area (Å²) < 4.78 is 19.1. The summed E-state index contributed by atoms with van der Waals surface area (Å²) in [6.45, 7) is 1.74. The molecule has 2 aromatic rings. The highest BCUT2D eigenvalue weighted by Gasteiger charge is 2.09. The van der Waals surface area contributed by atoms with Gasteiger partial charge in [0.25, 0.3) is 0 Å². The second-order valence-corrected chi connectivity index (χ2v) is 4.52. The van der Waals surface area contributed by atoms with E-state index in [2.05, 4.69) is 4.98 Å². The number of aliphatic hydroxyl groups excluding tert-OH is 1. The summed E-state index contributed by atoms with van der Waals surface area (Å²) in [6, 6.07) is 6.10. The van der Waals surface area contributed by atoms with Crippen molar-refractivity contribution < 1.29 is 14.2 Å². The van der Waals surface area contributed by atoms with Crippen molar-refractivity contribution in [2.45, 2.75) is 19.6 Å². The maximum Gasteiger partial charge on any atom is 0.132 e. The Bertz CT molecular complexity index is 575. The number of halogens is 2. The lowest BCUT2D eigenvalue weighted by Crippen LogP contribution is -1.99. The van der Waals surface area contributed by atoms with E-state index in [0.29, 0.717) is 10.8 Å². The fourth-order valence-electron chi connectivity index (χ4n) is 1.62. The molecule has 1 atom stereocenters. The van der Waals surface area contributed by atoms with Gasteiger partial charge in [-0.05, 0) is 25.1 Å². The lowest BCUT2D eigenvalue weighted by molar-refractivity contribution is 0.194. The fraction of sp³-hybridized carbons (Fsp3) is 0.214. The molecule has 3 nitrogen and oxygen atoms in total. The van der Waals surface area contributed by atoms with Crippen LogP contribution < -0.4 is 4.74 Å². The normalized spacial score (nSPS) is 12.2. The number of nitrogens with zero attached hydrogens (tertiary/aromatic N) is 1. The van der Waals surface area contributed by atoms with Crippen molar-refractivity contribution in [3.05, 3.63) is 58.6 Å². The SMILES string of the molecule is CC(O)c1ccc(OCc2ccncc2Cl)cc1F. The van der Waals surface area contributed by atoms with Gasteiger partial charge in [-0.3, -0.25) is 4.98 Å². The molecule has 5 heteroatoms. The molecule has 1 unspecified atom stereocenters. The molecule has 0 fully saturated rings. The van der Waals surface area contributed by atoms with Gasteiger partial charge in [0.05, 0.1) is 11.1 Å². The van der Waals surface area contributed by atoms with Gasteiger partial charge >= 0.3 is 0 Å². The maximum absolute atomic E-state index is 13.6. The first-order chi connectivity index (χ1) is 9.08. The summed E-state index contributed by atoms with van der Waals surface area (Å²) in [4.78, 5) is 3.87. The Kier molecular flexibility index (Phi) is 4.35. The van der Waals surface area contributed by atoms with Gasteiger partial charge in [-0.2, -0.15) is 0 Å². The van der Waals surface area contributed by atoms with Crippen molar-refractivity contribution in [2.75, 3.05) is 0 Å². The molecular formula is C14H13ClFNO2. The minimum Gasteiger partial charge on any atom is -0.489 e. The van der Waals surface area contributed by atoms with Crippen LogP contribution in [0.4, 0.5) is 4.39 Å². The van der Waals surface area contributed by atoms with E-state index >= 15 is 0 Å². The smallest absolute Gasteiger partial charge is 0.132 e. The molecule has 1 aromatic heterocycles. The van der Waals surface area contributed by atoms with E-state index in [9.17, 15) is 9.50 Å². The highest BCUT2D eigenvalue weighted by Crippen LogP contribution is 2.23. The van der Waals surface area contributed by atoms with Gasteiger partial charge in [0, 0.05) is 29.6 Å². The topological polar surface area (TPSA) is 42.4 Å². The third kappa shape index (κ3) is 3.43. The molecule has 0 bridgehead atoms. The summed E-state index contributed by atoms with van der Waals surface area (Å²) in [7, 11) is 0. The predicted molar refractivity (Wildman–Crippen MR) is 70.6 cm³/mol. The van der Waals surface area contributed by atoms with Gasteiger partial charge in [-0.25, -0.2) is 4.39 Å². The van der Waals surface area contributed by atoms with Crippen molar-refractivity contribution in [3.8, 4) is 5.75 Å². The summed E-state index contributed by atoms with van der Waals surface area (Å²) in [5.74, 6) is -0.108. The number of benzene rings is 1. The second kappa shape index (κ2) is 5.99. The number of hydrogen-bond donors (Lipinski definition) is 1. The Balaban J connectivity index is 2.08. The van der Waals surface area contributed by atoms with Crippen molar-refractivity contribution in [2.24, 2.45) is 0 Å². The summed E-state index contributed by atoms with van der Waals surface area (Å²) in [5.41, 5.74) is 1.02. The van der Waals surface area contributed by atoms with Gasteiger partial charge in [-0.15, -0.1) is 0 Å². The van der Waals surface area contributed by atoms with Crippen LogP contribution in [0.25, 0.3) is 0 Å². The zero-order chi connectivity index (χ0) is 13.8. The van der Waals surface area contributed by atoms with Crippen LogP contribution in [0.15, 0.2) is 36.7 Å². The van der Waals surface area contributed by atoms with Crippen LogP contribution in [0.3, 0.4) is 0 Å². The van der Waals surface area contributed by atoms with Crippen molar-refractivity contribution in [1.82, 2.24) is 4.98 Å². The van der Waals surface area contributed by atoms with Gasteiger partial charge in [-0.1, -0.05) is 11.6 Å². The summed E-state index contributed by atoms with van der Waals surface area (Å²) >= 11 is 5.94. The number of ether oxygens (including phenoxy) is 1. The minimum atomic E-state index is -0.844. The van der Waals surface area contributed by atoms with Gasteiger partial charge < -0.3 is 9.84 Å². The number of rotatable bonds is 4. The summed E-state index contributed by atoms with van der Waals surface area (Å²) in [6.07, 6.45) is 2.29. The molecule has 19 heavy (non-hydrogen) atoms. The first-order valence-corrected chi connectivity index (χ1v) is 6.14. The first kappa shape index (κ1) is 13.8. The van der Waals surface area contributed by atoms with Gasteiger partial charge in [0.2, 0.25) is 0 Å². The predicted octanol–water partition coefficient (Wildman–Crippen LogP) is 3.51. The van der Waals surface area contributed by atoms with Crippen LogP contribution in [-0.2, 0) is 6.61 Å². The Labute approximate surface area is 115 Å². The standard InChI is InChI=1S/C14H13ClFNO2/c1-9(18)12-3-2-11(6-14(12)16)19-8-10-4-5-17-7-13(10)15/h2-7,9,18H,8H2,1H3. The average Bonchev–Trinajstić information content (AvgIpc) is 2.37. The number of aliphatic hydroxyl groups is 1. The highest BCUT2D eigenvalue weighted by atomic mass is 35.5. The average molecular weight is 282 g/mol. The summed E-state index contributed by atoms with van der Waals surface area (Å²) in [5, 5.41) is 9.84. The number of hydrogen-bond acceptors (Lipinski definition) is 3. The molecule has 2 rings (SSSR count). The minimum absolute atomic E-state index is 0.231. The molecule has 100 valence electrons. The molecule has 0 saturated carbocycles. The maximum atomic E-state index is 13.6. The highest BCUT2D eigenvalue weighted by molar-refractivity contribution is 6.31. The second-order valence-electron chi connectivity index (χ2n) is 4.12. The van der Waals surface area contributed by atoms with Crippen molar-refractivity contribution >= 4 is 11.6 Å². The Hall–Kier alpha value is -1.65. The van der Waals surface area contributed by atoms with E-state index in [4.69, 9.17) is 16.3 Å². The molecule has 0 radical (unpaired) electrons. The lowest BCUT2D eigenvalue weighted by Gasteiger charge is -2.10. The molecule has 1 N–H and O–H groups in total. The monoisotopic (exact) mass is 281 g/mol. The lowest BCUT2D eigenvalue weighted by atomic mass is 10.1. The third-order valence-electron chi connectivity index (χ3n) is 2.67. The van der Waals surface area contributed by atoms with Crippen LogP contribution in [0, 0.1) is 5.82 Å².